The van der Waals surface area contributed by atoms with E-state index in [1.165, 1.54) is 15.0 Å². The van der Waals surface area contributed by atoms with Crippen LogP contribution in [-0.4, -0.2) is 17.8 Å². The lowest BCUT2D eigenvalue weighted by molar-refractivity contribution is -0.633. The van der Waals surface area contributed by atoms with Crippen LogP contribution in [0.2, 0.25) is 0 Å². The van der Waals surface area contributed by atoms with Gasteiger partial charge < -0.3 is 5.73 Å². The third-order valence-electron chi connectivity index (χ3n) is 5.03. The minimum absolute atomic E-state index is 0.0258. The van der Waals surface area contributed by atoms with Gasteiger partial charge >= 0.3 is 0 Å². The van der Waals surface area contributed by atoms with Gasteiger partial charge in [-0.25, -0.2) is 13.0 Å². The summed E-state index contributed by atoms with van der Waals surface area (Å²) in [5.74, 6) is 0.0258. The fourth-order valence-electron chi connectivity index (χ4n) is 3.18. The zero-order valence-electron chi connectivity index (χ0n) is 15.7. The highest BCUT2D eigenvalue weighted by molar-refractivity contribution is 7.91. The van der Waals surface area contributed by atoms with Crippen LogP contribution in [0, 0.1) is 13.8 Å². The van der Waals surface area contributed by atoms with Crippen LogP contribution in [0.1, 0.15) is 11.1 Å². The summed E-state index contributed by atoms with van der Waals surface area (Å²) in [6.45, 7) is 3.76. The normalized spacial score (nSPS) is 12.0. The molecule has 142 valence electrons. The molecule has 0 bridgehead atoms. The number of anilines is 1. The minimum Gasteiger partial charge on any atom is -0.317 e. The van der Waals surface area contributed by atoms with Crippen molar-refractivity contribution in [3.63, 3.8) is 0 Å². The van der Waals surface area contributed by atoms with Crippen LogP contribution < -0.4 is 15.9 Å². The quantitative estimate of drug-likeness (QED) is 0.411. The molecule has 0 aliphatic heterocycles. The van der Waals surface area contributed by atoms with Gasteiger partial charge in [0.2, 0.25) is 21.3 Å². The Morgan fingerprint density at radius 1 is 1.07 bits per heavy atom. The second-order valence-corrected chi connectivity index (χ2v) is 8.70. The van der Waals surface area contributed by atoms with Gasteiger partial charge in [-0.1, -0.05) is 17.1 Å². The molecule has 3 aromatic heterocycles. The number of aromatic nitrogens is 3. The number of rotatable bonds is 2. The van der Waals surface area contributed by atoms with E-state index in [0.717, 1.165) is 11.1 Å². The number of hydrogen-bond acceptors (Lipinski definition) is 5. The molecule has 1 aromatic carbocycles. The highest BCUT2D eigenvalue weighted by atomic mass is 32.2. The van der Waals surface area contributed by atoms with E-state index in [2.05, 4.69) is 4.98 Å². The van der Waals surface area contributed by atoms with Crippen molar-refractivity contribution in [1.82, 2.24) is 9.38 Å². The second kappa shape index (κ2) is 6.13. The fourth-order valence-corrected chi connectivity index (χ4v) is 4.70. The first-order valence-electron chi connectivity index (χ1n) is 8.64. The molecule has 0 atom stereocenters. The molecule has 0 aliphatic carbocycles. The lowest BCUT2D eigenvalue weighted by atomic mass is 10.1. The lowest BCUT2D eigenvalue weighted by Gasteiger charge is -2.11. The molecule has 4 rings (SSSR count). The van der Waals surface area contributed by atoms with E-state index in [4.69, 9.17) is 5.73 Å². The Balaban J connectivity index is 2.09. The van der Waals surface area contributed by atoms with Gasteiger partial charge in [0.05, 0.1) is 11.9 Å². The molecule has 0 radical (unpaired) electrons. The molecule has 0 saturated carbocycles. The maximum atomic E-state index is 13.3. The van der Waals surface area contributed by atoms with E-state index in [1.54, 1.807) is 49.6 Å². The van der Waals surface area contributed by atoms with Gasteiger partial charge in [-0.15, -0.1) is 0 Å². The summed E-state index contributed by atoms with van der Waals surface area (Å²) in [5.41, 5.74) is 8.45. The molecule has 0 amide bonds. The number of aryl methyl sites for hydroxylation is 3. The van der Waals surface area contributed by atoms with Crippen LogP contribution in [-0.2, 0) is 16.9 Å². The molecule has 0 fully saturated rings. The summed E-state index contributed by atoms with van der Waals surface area (Å²) in [5, 5.41) is 0.183. The van der Waals surface area contributed by atoms with Crippen molar-refractivity contribution in [2.45, 2.75) is 23.6 Å². The Labute approximate surface area is 161 Å². The second-order valence-electron chi connectivity index (χ2n) is 6.79. The molecule has 2 N–H and O–H groups in total. The van der Waals surface area contributed by atoms with Crippen LogP contribution >= 0.6 is 0 Å². The number of nitrogen functional groups attached to an aromatic ring is 1. The van der Waals surface area contributed by atoms with Crippen molar-refractivity contribution in [3.8, 4) is 0 Å². The van der Waals surface area contributed by atoms with E-state index < -0.39 is 9.84 Å². The number of nitrogens with two attached hydrogens (primary N) is 1. The highest BCUT2D eigenvalue weighted by Gasteiger charge is 2.28. The number of hydrogen-bond donors (Lipinski definition) is 1. The van der Waals surface area contributed by atoms with E-state index in [0.29, 0.717) is 11.3 Å². The Kier molecular flexibility index (Phi) is 3.97. The van der Waals surface area contributed by atoms with Gasteiger partial charge in [0.15, 0.2) is 0 Å². The van der Waals surface area contributed by atoms with Gasteiger partial charge in [-0.05, 0) is 55.3 Å². The zero-order chi connectivity index (χ0) is 20.2. The number of benzene rings is 1. The highest BCUT2D eigenvalue weighted by Crippen LogP contribution is 2.27. The maximum Gasteiger partial charge on any atom is 0.278 e. The smallest absolute Gasteiger partial charge is 0.278 e. The predicted octanol–water partition coefficient (Wildman–Crippen LogP) is 1.70. The topological polar surface area (TPSA) is 98.4 Å². The predicted molar refractivity (Wildman–Crippen MR) is 106 cm³/mol. The molecular weight excluding hydrogens is 376 g/mol. The summed E-state index contributed by atoms with van der Waals surface area (Å²) >= 11 is 0. The SMILES string of the molecule is Cc1ccc(S(=O)(=O)c2cc3c(=O)n4ccccc4nc3[n+](C)c2N)cc1C. The van der Waals surface area contributed by atoms with Gasteiger partial charge in [-0.2, -0.15) is 0 Å². The molecule has 0 spiro atoms. The fraction of sp³-hybridized carbons (Fsp3) is 0.150. The van der Waals surface area contributed by atoms with E-state index in [-0.39, 0.29) is 26.6 Å². The van der Waals surface area contributed by atoms with Gasteiger partial charge in [0, 0.05) is 6.20 Å². The van der Waals surface area contributed by atoms with Gasteiger partial charge in [-0.3, -0.25) is 9.20 Å². The van der Waals surface area contributed by atoms with Crippen molar-refractivity contribution in [3.05, 3.63) is 70.1 Å². The maximum absolute atomic E-state index is 13.3. The van der Waals surface area contributed by atoms with Crippen molar-refractivity contribution in [1.29, 1.82) is 0 Å². The molecule has 0 unspecified atom stereocenters. The molecule has 7 nitrogen and oxygen atoms in total. The van der Waals surface area contributed by atoms with Crippen molar-refractivity contribution in [2.24, 2.45) is 7.05 Å². The van der Waals surface area contributed by atoms with Crippen molar-refractivity contribution in [2.75, 3.05) is 5.73 Å². The zero-order valence-corrected chi connectivity index (χ0v) is 16.5. The summed E-state index contributed by atoms with van der Waals surface area (Å²) in [7, 11) is -2.31. The third kappa shape index (κ3) is 2.56. The number of pyridine rings is 2. The van der Waals surface area contributed by atoms with E-state index >= 15 is 0 Å². The van der Waals surface area contributed by atoms with Crippen LogP contribution in [0.4, 0.5) is 5.82 Å². The summed E-state index contributed by atoms with van der Waals surface area (Å²) in [6, 6.07) is 11.4. The average Bonchev–Trinajstić information content (AvgIpc) is 2.67. The molecule has 0 saturated heterocycles. The van der Waals surface area contributed by atoms with E-state index in [9.17, 15) is 13.2 Å². The van der Waals surface area contributed by atoms with Gasteiger partial charge in [0.1, 0.15) is 10.3 Å². The number of sulfone groups is 1. The van der Waals surface area contributed by atoms with Crippen LogP contribution in [0.15, 0.2) is 63.2 Å². The first kappa shape index (κ1) is 18.1. The van der Waals surface area contributed by atoms with Crippen molar-refractivity contribution >= 4 is 32.3 Å². The first-order chi connectivity index (χ1) is 13.2. The summed E-state index contributed by atoms with van der Waals surface area (Å²) in [4.78, 5) is 17.4. The molecule has 28 heavy (non-hydrogen) atoms. The first-order valence-corrected chi connectivity index (χ1v) is 10.1. The van der Waals surface area contributed by atoms with Crippen LogP contribution in [0.25, 0.3) is 16.7 Å². The largest absolute Gasteiger partial charge is 0.317 e. The molecule has 4 aromatic rings. The number of nitrogens with zero attached hydrogens (tertiary/aromatic N) is 3. The number of fused-ring (bicyclic) bond motifs is 2. The lowest BCUT2D eigenvalue weighted by Crippen LogP contribution is -2.37. The molecular formula is C20H19N4O3S+. The minimum atomic E-state index is -3.91. The van der Waals surface area contributed by atoms with Gasteiger partial charge in [0.25, 0.3) is 11.2 Å². The Hall–Kier alpha value is -3.26. The third-order valence-corrected chi connectivity index (χ3v) is 6.81. The Morgan fingerprint density at radius 3 is 2.54 bits per heavy atom. The summed E-state index contributed by atoms with van der Waals surface area (Å²) < 4.78 is 29.4. The monoisotopic (exact) mass is 395 g/mol. The Bertz CT molecular complexity index is 1440. The molecule has 0 aliphatic rings. The van der Waals surface area contributed by atoms with Crippen LogP contribution in [0.3, 0.4) is 0 Å². The Morgan fingerprint density at radius 2 is 1.82 bits per heavy atom. The van der Waals surface area contributed by atoms with E-state index in [1.807, 2.05) is 13.8 Å². The molecule has 8 heteroatoms. The average molecular weight is 395 g/mol. The summed E-state index contributed by atoms with van der Waals surface area (Å²) in [6.07, 6.45) is 1.60. The van der Waals surface area contributed by atoms with Crippen molar-refractivity contribution < 1.29 is 13.0 Å². The van der Waals surface area contributed by atoms with Crippen LogP contribution in [0.5, 0.6) is 0 Å². The standard InChI is InChI=1S/C20H18N4O3S/c1-12-7-8-14(10-13(12)2)28(26,27)16-11-15-19(23(3)18(16)21)22-17-6-4-5-9-24(17)20(15)25/h4-11,21H,1-3H3/p+1. The molecule has 3 heterocycles.